The summed E-state index contributed by atoms with van der Waals surface area (Å²) in [6.45, 7) is 8.95. The van der Waals surface area contributed by atoms with E-state index >= 15 is 0 Å². The predicted octanol–water partition coefficient (Wildman–Crippen LogP) is 3.11. The van der Waals surface area contributed by atoms with E-state index in [0.29, 0.717) is 32.5 Å². The van der Waals surface area contributed by atoms with Crippen LogP contribution in [0.15, 0.2) is 29.2 Å². The molecule has 0 aliphatic rings. The van der Waals surface area contributed by atoms with Gasteiger partial charge in [0.05, 0.1) is 4.90 Å². The summed E-state index contributed by atoms with van der Waals surface area (Å²) in [6.07, 6.45) is 0.264. The Labute approximate surface area is 156 Å². The highest BCUT2D eigenvalue weighted by Crippen LogP contribution is 2.28. The Morgan fingerprint density at radius 3 is 2.31 bits per heavy atom. The molecule has 26 heavy (non-hydrogen) atoms. The van der Waals surface area contributed by atoms with Crippen LogP contribution in [-0.4, -0.2) is 48.7 Å². The lowest BCUT2D eigenvalue weighted by molar-refractivity contribution is 0.191. The number of hydrogen-bond donors (Lipinski definition) is 3. The molecule has 0 saturated carbocycles. The van der Waals surface area contributed by atoms with Crippen LogP contribution in [0.5, 0.6) is 5.75 Å². The summed E-state index contributed by atoms with van der Waals surface area (Å²) in [5.74, 6) is 0.178. The maximum atomic E-state index is 13.0. The van der Waals surface area contributed by atoms with E-state index in [1.165, 1.54) is 28.6 Å². The Bertz CT molecular complexity index is 684. The van der Waals surface area contributed by atoms with Crippen molar-refractivity contribution in [1.82, 2.24) is 9.62 Å². The molecule has 0 aromatic heterocycles. The highest BCUT2D eigenvalue weighted by Gasteiger charge is 2.31. The minimum Gasteiger partial charge on any atom is -0.508 e. The second-order valence-corrected chi connectivity index (χ2v) is 9.62. The van der Waals surface area contributed by atoms with Crippen LogP contribution < -0.4 is 5.32 Å². The van der Waals surface area contributed by atoms with E-state index in [2.05, 4.69) is 5.32 Å². The lowest BCUT2D eigenvalue weighted by Crippen LogP contribution is -2.41. The van der Waals surface area contributed by atoms with Crippen molar-refractivity contribution in [3.63, 3.8) is 0 Å². The summed E-state index contributed by atoms with van der Waals surface area (Å²) in [7, 11) is -3.68. The van der Waals surface area contributed by atoms with E-state index in [1.54, 1.807) is 0 Å². The van der Waals surface area contributed by atoms with Crippen molar-refractivity contribution in [3.05, 3.63) is 24.3 Å². The minimum atomic E-state index is -3.68. The van der Waals surface area contributed by atoms with E-state index in [9.17, 15) is 18.3 Å². The fourth-order valence-electron chi connectivity index (χ4n) is 2.74. The van der Waals surface area contributed by atoms with Crippen molar-refractivity contribution < 1.29 is 23.4 Å². The van der Waals surface area contributed by atoms with Gasteiger partial charge >= 0.3 is 6.09 Å². The van der Waals surface area contributed by atoms with Crippen molar-refractivity contribution in [1.29, 1.82) is 0 Å². The van der Waals surface area contributed by atoms with Crippen molar-refractivity contribution in [3.8, 4) is 5.75 Å². The Hall–Kier alpha value is -1.80. The summed E-state index contributed by atoms with van der Waals surface area (Å²) in [5, 5.41) is 20.3. The Balaban J connectivity index is 2.91. The Morgan fingerprint density at radius 2 is 1.81 bits per heavy atom. The number of nitrogens with one attached hydrogen (secondary N) is 1. The SMILES string of the molecule is CC(C)CN(CC(C)(C)CCCNC(=O)O)S(=O)(=O)c1ccc(O)cc1. The van der Waals surface area contributed by atoms with Gasteiger partial charge in [-0.1, -0.05) is 27.7 Å². The topological polar surface area (TPSA) is 107 Å². The van der Waals surface area contributed by atoms with Gasteiger partial charge in [-0.25, -0.2) is 13.2 Å². The van der Waals surface area contributed by atoms with Gasteiger partial charge in [0, 0.05) is 19.6 Å². The van der Waals surface area contributed by atoms with Crippen LogP contribution in [0, 0.1) is 11.3 Å². The molecule has 0 bridgehead atoms. The van der Waals surface area contributed by atoms with E-state index in [4.69, 9.17) is 5.11 Å². The number of hydrogen-bond acceptors (Lipinski definition) is 4. The monoisotopic (exact) mass is 386 g/mol. The molecule has 0 heterocycles. The second kappa shape index (κ2) is 9.23. The Morgan fingerprint density at radius 1 is 1.23 bits per heavy atom. The first-order valence-corrected chi connectivity index (χ1v) is 10.1. The van der Waals surface area contributed by atoms with Gasteiger partial charge in [0.15, 0.2) is 0 Å². The van der Waals surface area contributed by atoms with Crippen molar-refractivity contribution in [2.24, 2.45) is 11.3 Å². The van der Waals surface area contributed by atoms with Crippen molar-refractivity contribution >= 4 is 16.1 Å². The van der Waals surface area contributed by atoms with E-state index < -0.39 is 16.1 Å². The smallest absolute Gasteiger partial charge is 0.404 e. The van der Waals surface area contributed by atoms with Crippen LogP contribution >= 0.6 is 0 Å². The van der Waals surface area contributed by atoms with Crippen LogP contribution in [0.25, 0.3) is 0 Å². The molecule has 0 spiro atoms. The standard InChI is InChI=1S/C18H30N2O5S/c1-14(2)12-20(13-18(3,4)10-5-11-19-17(22)23)26(24,25)16-8-6-15(21)7-9-16/h6-9,14,19,21H,5,10-13H2,1-4H3,(H,22,23). The maximum Gasteiger partial charge on any atom is 0.404 e. The third-order valence-electron chi connectivity index (χ3n) is 3.95. The summed E-state index contributed by atoms with van der Waals surface area (Å²) >= 11 is 0. The molecule has 7 nitrogen and oxygen atoms in total. The molecule has 8 heteroatoms. The highest BCUT2D eigenvalue weighted by molar-refractivity contribution is 7.89. The number of phenols is 1. The molecule has 0 saturated heterocycles. The molecule has 0 radical (unpaired) electrons. The molecule has 0 aliphatic carbocycles. The number of benzene rings is 1. The number of rotatable bonds is 10. The zero-order valence-electron chi connectivity index (χ0n) is 15.9. The summed E-state index contributed by atoms with van der Waals surface area (Å²) in [6, 6.07) is 5.54. The number of phenolic OH excluding ortho intramolecular Hbond substituents is 1. The molecule has 0 unspecified atom stereocenters. The average molecular weight is 387 g/mol. The Kier molecular flexibility index (Phi) is 7.89. The van der Waals surface area contributed by atoms with Gasteiger partial charge in [0.1, 0.15) is 5.75 Å². The molecule has 0 aliphatic heterocycles. The lowest BCUT2D eigenvalue weighted by atomic mass is 9.87. The molecule has 1 aromatic carbocycles. The third-order valence-corrected chi connectivity index (χ3v) is 5.78. The number of aromatic hydroxyl groups is 1. The highest BCUT2D eigenvalue weighted by atomic mass is 32.2. The van der Waals surface area contributed by atoms with Gasteiger partial charge in [-0.2, -0.15) is 4.31 Å². The molecular weight excluding hydrogens is 356 g/mol. The molecule has 0 fully saturated rings. The zero-order valence-corrected chi connectivity index (χ0v) is 16.7. The number of carboxylic acid groups (broad SMARTS) is 1. The molecular formula is C18H30N2O5S. The minimum absolute atomic E-state index is 0.0191. The van der Waals surface area contributed by atoms with Crippen molar-refractivity contribution in [2.75, 3.05) is 19.6 Å². The van der Waals surface area contributed by atoms with Crippen LogP contribution in [0.4, 0.5) is 4.79 Å². The third kappa shape index (κ3) is 7.21. The first-order valence-electron chi connectivity index (χ1n) is 8.70. The normalized spacial score (nSPS) is 12.5. The van der Waals surface area contributed by atoms with Gasteiger partial charge in [-0.05, 0) is 48.4 Å². The van der Waals surface area contributed by atoms with Crippen LogP contribution in [0.2, 0.25) is 0 Å². The summed E-state index contributed by atoms with van der Waals surface area (Å²) in [4.78, 5) is 10.7. The molecule has 1 aromatic rings. The average Bonchev–Trinajstić information content (AvgIpc) is 2.50. The first kappa shape index (κ1) is 22.2. The van der Waals surface area contributed by atoms with Gasteiger partial charge < -0.3 is 15.5 Å². The number of carbonyl (C=O) groups is 1. The van der Waals surface area contributed by atoms with Crippen LogP contribution in [0.1, 0.15) is 40.5 Å². The zero-order chi connectivity index (χ0) is 20.0. The largest absolute Gasteiger partial charge is 0.508 e. The quantitative estimate of drug-likeness (QED) is 0.536. The number of sulfonamides is 1. The summed E-state index contributed by atoms with van der Waals surface area (Å²) in [5.41, 5.74) is -0.306. The number of amides is 1. The molecule has 3 N–H and O–H groups in total. The summed E-state index contributed by atoms with van der Waals surface area (Å²) < 4.78 is 27.5. The first-order chi connectivity index (χ1) is 11.9. The second-order valence-electron chi connectivity index (χ2n) is 7.69. The molecule has 0 atom stereocenters. The van der Waals surface area contributed by atoms with Gasteiger partial charge in [-0.3, -0.25) is 0 Å². The molecule has 1 rings (SSSR count). The van der Waals surface area contributed by atoms with Crippen LogP contribution in [0.3, 0.4) is 0 Å². The molecule has 1 amide bonds. The molecule has 148 valence electrons. The number of nitrogens with zero attached hydrogens (tertiary/aromatic N) is 1. The predicted molar refractivity (Wildman–Crippen MR) is 101 cm³/mol. The van der Waals surface area contributed by atoms with E-state index in [0.717, 1.165) is 0 Å². The van der Waals surface area contributed by atoms with Crippen molar-refractivity contribution in [2.45, 2.75) is 45.4 Å². The van der Waals surface area contributed by atoms with Gasteiger partial charge in [0.2, 0.25) is 10.0 Å². The fourth-order valence-corrected chi connectivity index (χ4v) is 4.53. The lowest BCUT2D eigenvalue weighted by Gasteiger charge is -2.33. The maximum absolute atomic E-state index is 13.0. The fraction of sp³-hybridized carbons (Fsp3) is 0.611. The van der Waals surface area contributed by atoms with Gasteiger partial charge in [-0.15, -0.1) is 0 Å². The van der Waals surface area contributed by atoms with E-state index in [1.807, 2.05) is 27.7 Å². The van der Waals surface area contributed by atoms with E-state index in [-0.39, 0.29) is 22.0 Å². The van der Waals surface area contributed by atoms with Crippen LogP contribution in [-0.2, 0) is 10.0 Å². The van der Waals surface area contributed by atoms with Gasteiger partial charge in [0.25, 0.3) is 0 Å².